The van der Waals surface area contributed by atoms with Crippen molar-refractivity contribution < 1.29 is 20.9 Å². The average Bonchev–Trinajstić information content (AvgIpc) is 2.20. The summed E-state index contributed by atoms with van der Waals surface area (Å²) in [5.74, 6) is -4.21. The van der Waals surface area contributed by atoms with E-state index in [-0.39, 0.29) is 0 Å². The van der Waals surface area contributed by atoms with E-state index >= 15 is 0 Å². The predicted octanol–water partition coefficient (Wildman–Crippen LogP) is 2.70. The van der Waals surface area contributed by atoms with Crippen LogP contribution in [-0.4, -0.2) is 10.9 Å². The van der Waals surface area contributed by atoms with Crippen molar-refractivity contribution in [3.8, 4) is 0 Å². The molecule has 0 heterocycles. The van der Waals surface area contributed by atoms with E-state index in [0.717, 1.165) is 0 Å². The molecule has 0 aliphatic carbocycles. The molecule has 12 heavy (non-hydrogen) atoms. The Hall–Kier alpha value is -0.790. The summed E-state index contributed by atoms with van der Waals surface area (Å²) in [5, 5.41) is 9.64. The van der Waals surface area contributed by atoms with Gasteiger partial charge in [-0.3, -0.25) is 4.79 Å². The van der Waals surface area contributed by atoms with Gasteiger partial charge in [0.2, 0.25) is 0 Å². The van der Waals surface area contributed by atoms with E-state index in [4.69, 9.17) is 11.0 Å². The molecule has 2 nitrogen and oxygen atoms in total. The Morgan fingerprint density at radius 2 is 2.25 bits per heavy atom. The summed E-state index contributed by atoms with van der Waals surface area (Å²) in [5.41, 5.74) is -2.82. The second-order valence-electron chi connectivity index (χ2n) is 2.93. The molecule has 0 bridgehead atoms. The first-order chi connectivity index (χ1) is 8.48. The van der Waals surface area contributed by atoms with Gasteiger partial charge in [-0.2, -0.15) is 0 Å². The summed E-state index contributed by atoms with van der Waals surface area (Å²) in [6.45, 7) is -3.28. The number of hydrogen-bond acceptors (Lipinski definition) is 2. The van der Waals surface area contributed by atoms with Crippen molar-refractivity contribution in [3.63, 3.8) is 0 Å². The second kappa shape index (κ2) is 3.74. The zero-order chi connectivity index (χ0) is 16.7. The minimum Gasteiger partial charge on any atom is -0.512 e. The van der Waals surface area contributed by atoms with Crippen molar-refractivity contribution in [2.45, 2.75) is 34.5 Å². The van der Waals surface area contributed by atoms with Crippen LogP contribution in [0.25, 0.3) is 0 Å². The van der Waals surface area contributed by atoms with E-state index < -0.39 is 42.6 Å². The fourth-order valence-electron chi connectivity index (χ4n) is 0.358. The number of allylic oxidation sites excluding steroid dienone is 2. The standard InChI is InChI=1S/C10H18O2/c1-7(2)8(11)6-9(12)10(3,4)5/h6-7,11H,1-5H3/i3D3,4D3,6D,7D. The molecule has 0 amide bonds. The Kier molecular flexibility index (Phi) is 1.10. The molecule has 0 aliphatic heterocycles. The van der Waals surface area contributed by atoms with E-state index in [1.54, 1.807) is 0 Å². The quantitative estimate of drug-likeness (QED) is 0.521. The van der Waals surface area contributed by atoms with Gasteiger partial charge in [0.1, 0.15) is 0 Å². The summed E-state index contributed by atoms with van der Waals surface area (Å²) in [7, 11) is 0. The first-order valence-electron chi connectivity index (χ1n) is 7.43. The fourth-order valence-corrected chi connectivity index (χ4v) is 0.358. The largest absolute Gasteiger partial charge is 0.512 e. The molecular weight excluding hydrogens is 152 g/mol. The van der Waals surface area contributed by atoms with Gasteiger partial charge >= 0.3 is 0 Å². The third-order valence-electron chi connectivity index (χ3n) is 1.16. The van der Waals surface area contributed by atoms with Gasteiger partial charge in [0.25, 0.3) is 0 Å². The van der Waals surface area contributed by atoms with Gasteiger partial charge in [-0.1, -0.05) is 34.5 Å². The zero-order valence-corrected chi connectivity index (χ0v) is 7.36. The number of aliphatic hydroxyl groups excluding tert-OH is 1. The molecule has 0 radical (unpaired) electrons. The van der Waals surface area contributed by atoms with Gasteiger partial charge in [-0.25, -0.2) is 0 Å². The lowest BCUT2D eigenvalue weighted by molar-refractivity contribution is -0.121. The van der Waals surface area contributed by atoms with Crippen LogP contribution in [0.5, 0.6) is 0 Å². The van der Waals surface area contributed by atoms with Crippen LogP contribution in [0.1, 0.15) is 45.4 Å². The Balaban J connectivity index is 6.12. The van der Waals surface area contributed by atoms with Gasteiger partial charge in [-0.15, -0.1) is 0 Å². The van der Waals surface area contributed by atoms with Crippen LogP contribution < -0.4 is 0 Å². The molecule has 0 aliphatic rings. The van der Waals surface area contributed by atoms with Crippen molar-refractivity contribution in [2.24, 2.45) is 11.3 Å². The van der Waals surface area contributed by atoms with E-state index in [2.05, 4.69) is 0 Å². The summed E-state index contributed by atoms with van der Waals surface area (Å²) < 4.78 is 58.7. The molecule has 70 valence electrons. The summed E-state index contributed by atoms with van der Waals surface area (Å²) >= 11 is 0. The molecule has 0 unspecified atom stereocenters. The number of hydrogen-bond donors (Lipinski definition) is 1. The normalized spacial score (nSPS) is 27.2. The molecule has 0 saturated heterocycles. The summed E-state index contributed by atoms with van der Waals surface area (Å²) in [6, 6.07) is -1.17. The lowest BCUT2D eigenvalue weighted by Gasteiger charge is -2.14. The maximum absolute atomic E-state index is 12.1. The molecule has 2 heteroatoms. The van der Waals surface area contributed by atoms with Crippen LogP contribution in [0.2, 0.25) is 0 Å². The van der Waals surface area contributed by atoms with Crippen LogP contribution in [0.3, 0.4) is 0 Å². The van der Waals surface area contributed by atoms with E-state index in [1.165, 1.54) is 13.8 Å². The van der Waals surface area contributed by atoms with E-state index in [9.17, 15) is 9.90 Å². The Morgan fingerprint density at radius 1 is 1.75 bits per heavy atom. The van der Waals surface area contributed by atoms with Crippen molar-refractivity contribution in [2.75, 3.05) is 0 Å². The average molecular weight is 178 g/mol. The maximum Gasteiger partial charge on any atom is 0.164 e. The molecule has 0 fully saturated rings. The van der Waals surface area contributed by atoms with E-state index in [0.29, 0.717) is 6.92 Å². The molecule has 0 rings (SSSR count). The third-order valence-corrected chi connectivity index (χ3v) is 1.16. The van der Waals surface area contributed by atoms with Gasteiger partial charge in [0.15, 0.2) is 5.78 Å². The van der Waals surface area contributed by atoms with Crippen LogP contribution in [0.15, 0.2) is 11.8 Å². The first-order valence-corrected chi connectivity index (χ1v) is 3.43. The summed E-state index contributed by atoms with van der Waals surface area (Å²) in [4.78, 5) is 12.1. The monoisotopic (exact) mass is 178 g/mol. The number of aliphatic hydroxyl groups is 1. The number of ketones is 1. The maximum atomic E-state index is 12.1. The summed E-state index contributed by atoms with van der Waals surface area (Å²) in [6.07, 6.45) is 0. The zero-order valence-electron chi connectivity index (χ0n) is 15.4. The molecule has 1 N–H and O–H groups in total. The van der Waals surface area contributed by atoms with Crippen molar-refractivity contribution in [1.29, 1.82) is 0 Å². The second-order valence-corrected chi connectivity index (χ2v) is 2.93. The van der Waals surface area contributed by atoms with Crippen LogP contribution in [-0.2, 0) is 4.79 Å². The van der Waals surface area contributed by atoms with Crippen molar-refractivity contribution >= 4 is 5.78 Å². The molecule has 0 aromatic rings. The van der Waals surface area contributed by atoms with E-state index in [1.807, 2.05) is 0 Å². The lowest BCUT2D eigenvalue weighted by Crippen LogP contribution is -2.18. The Bertz CT molecular complexity index is 410. The first kappa shape index (κ1) is 3.52. The van der Waals surface area contributed by atoms with Gasteiger partial charge in [-0.05, 0) is 0 Å². The topological polar surface area (TPSA) is 37.3 Å². The number of rotatable bonds is 2. The minimum atomic E-state index is -3.19. The highest BCUT2D eigenvalue weighted by atomic mass is 16.3. The number of carbonyl (C=O) groups is 1. The van der Waals surface area contributed by atoms with Gasteiger partial charge in [0.05, 0.1) is 7.13 Å². The third kappa shape index (κ3) is 3.56. The Labute approximate surface area is 85.5 Å². The fraction of sp³-hybridized carbons (Fsp3) is 0.700. The number of carbonyl (C=O) groups excluding carboxylic acids is 1. The minimum absolute atomic E-state index is 0.716. The molecule has 0 saturated carbocycles. The predicted molar refractivity (Wildman–Crippen MR) is 50.0 cm³/mol. The highest BCUT2D eigenvalue weighted by Crippen LogP contribution is 2.17. The van der Waals surface area contributed by atoms with Crippen LogP contribution in [0, 0.1) is 11.3 Å². The van der Waals surface area contributed by atoms with Crippen LogP contribution in [0.4, 0.5) is 0 Å². The highest BCUT2D eigenvalue weighted by molar-refractivity contribution is 5.94. The van der Waals surface area contributed by atoms with Gasteiger partial charge in [0, 0.05) is 27.0 Å². The van der Waals surface area contributed by atoms with Crippen molar-refractivity contribution in [1.82, 2.24) is 0 Å². The Morgan fingerprint density at radius 3 is 2.58 bits per heavy atom. The van der Waals surface area contributed by atoms with Crippen LogP contribution >= 0.6 is 0 Å². The molecule has 0 atom stereocenters. The smallest absolute Gasteiger partial charge is 0.164 e. The highest BCUT2D eigenvalue weighted by Gasteiger charge is 2.19. The van der Waals surface area contributed by atoms with Gasteiger partial charge < -0.3 is 5.11 Å². The molecule has 0 aromatic carbocycles. The molecule has 0 spiro atoms. The SMILES string of the molecule is [2H]C(C(=O)C(C)(C([2H])([2H])[2H])C([2H])([2H])[2H])=C(O)C([2H])(C)C. The molecule has 0 aromatic heterocycles. The van der Waals surface area contributed by atoms with Crippen molar-refractivity contribution in [3.05, 3.63) is 11.8 Å². The lowest BCUT2D eigenvalue weighted by atomic mass is 9.90. The molecular formula is C10H18O2.